The molecule has 5 nitrogen and oxygen atoms in total. The second-order valence-corrected chi connectivity index (χ2v) is 6.97. The van der Waals surface area contributed by atoms with Crippen LogP contribution in [-0.4, -0.2) is 13.5 Å². The Bertz CT molecular complexity index is 441. The minimum atomic E-state index is -3.57. The Hall–Kier alpha value is -0.220. The lowest BCUT2D eigenvalue weighted by Crippen LogP contribution is -2.43. The van der Waals surface area contributed by atoms with Crippen molar-refractivity contribution >= 4 is 54.6 Å². The van der Waals surface area contributed by atoms with Gasteiger partial charge in [0.1, 0.15) is 4.21 Å². The van der Waals surface area contributed by atoms with Gasteiger partial charge in [-0.25, -0.2) is 8.42 Å². The van der Waals surface area contributed by atoms with E-state index >= 15 is 0 Å². The molecule has 0 radical (unpaired) electrons. The van der Waals surface area contributed by atoms with Crippen LogP contribution in [0, 0.1) is 0 Å². The van der Waals surface area contributed by atoms with Gasteiger partial charge in [0.25, 0.3) is 10.0 Å². The van der Waals surface area contributed by atoms with E-state index in [4.69, 9.17) is 5.73 Å². The van der Waals surface area contributed by atoms with E-state index in [1.807, 2.05) is 4.83 Å². The second-order valence-electron chi connectivity index (χ2n) is 2.15. The molecule has 0 amide bonds. The highest BCUT2D eigenvalue weighted by molar-refractivity contribution is 9.11. The summed E-state index contributed by atoms with van der Waals surface area (Å²) < 4.78 is 23.8. The van der Waals surface area contributed by atoms with E-state index in [-0.39, 0.29) is 9.32 Å². The standard InChI is InChI=1S/C5H6BrN3O2S3/c6-3-1-2-4(13-3)14(10,11)9-8-5(7)12/h1-2,9H,(H3,7,8,12). The van der Waals surface area contributed by atoms with Gasteiger partial charge < -0.3 is 5.73 Å². The number of thiocarbonyl (C=S) groups is 1. The zero-order chi connectivity index (χ0) is 10.8. The summed E-state index contributed by atoms with van der Waals surface area (Å²) in [7, 11) is -3.57. The van der Waals surface area contributed by atoms with Crippen molar-refractivity contribution in [2.24, 2.45) is 5.73 Å². The number of nitrogens with one attached hydrogen (secondary N) is 2. The highest BCUT2D eigenvalue weighted by atomic mass is 79.9. The van der Waals surface area contributed by atoms with Crippen LogP contribution in [-0.2, 0) is 10.0 Å². The molecule has 14 heavy (non-hydrogen) atoms. The number of halogens is 1. The molecule has 4 N–H and O–H groups in total. The molecule has 0 aliphatic carbocycles. The minimum Gasteiger partial charge on any atom is -0.375 e. The van der Waals surface area contributed by atoms with E-state index in [0.29, 0.717) is 0 Å². The number of hydrogen-bond donors (Lipinski definition) is 3. The molecule has 1 heterocycles. The van der Waals surface area contributed by atoms with Gasteiger partial charge in [-0.15, -0.1) is 16.2 Å². The van der Waals surface area contributed by atoms with Crippen LogP contribution in [0.5, 0.6) is 0 Å². The fourth-order valence-electron chi connectivity index (χ4n) is 0.610. The first-order chi connectivity index (χ1) is 6.42. The molecular formula is C5H6BrN3O2S3. The summed E-state index contributed by atoms with van der Waals surface area (Å²) in [6.07, 6.45) is 0. The molecule has 0 aliphatic rings. The number of hydrazine groups is 1. The van der Waals surface area contributed by atoms with Crippen molar-refractivity contribution in [3.63, 3.8) is 0 Å². The molecule has 0 bridgehead atoms. The average Bonchev–Trinajstić information content (AvgIpc) is 2.49. The van der Waals surface area contributed by atoms with Crippen molar-refractivity contribution in [2.45, 2.75) is 4.21 Å². The van der Waals surface area contributed by atoms with Crippen LogP contribution >= 0.6 is 39.5 Å². The molecule has 0 spiro atoms. The lowest BCUT2D eigenvalue weighted by molar-refractivity contribution is 0.579. The van der Waals surface area contributed by atoms with Crippen molar-refractivity contribution in [1.82, 2.24) is 10.3 Å². The van der Waals surface area contributed by atoms with E-state index in [2.05, 4.69) is 33.6 Å². The molecule has 78 valence electrons. The van der Waals surface area contributed by atoms with Crippen LogP contribution in [0.3, 0.4) is 0 Å². The summed E-state index contributed by atoms with van der Waals surface area (Å²) in [4.78, 5) is 2.03. The largest absolute Gasteiger partial charge is 0.375 e. The Labute approximate surface area is 98.8 Å². The van der Waals surface area contributed by atoms with E-state index < -0.39 is 10.0 Å². The van der Waals surface area contributed by atoms with E-state index in [1.54, 1.807) is 6.07 Å². The Balaban J connectivity index is 2.81. The van der Waals surface area contributed by atoms with E-state index in [0.717, 1.165) is 15.1 Å². The third-order valence-electron chi connectivity index (χ3n) is 1.12. The van der Waals surface area contributed by atoms with Crippen molar-refractivity contribution in [1.29, 1.82) is 0 Å². The summed E-state index contributed by atoms with van der Waals surface area (Å²) in [6, 6.07) is 3.11. The van der Waals surface area contributed by atoms with Gasteiger partial charge >= 0.3 is 0 Å². The smallest absolute Gasteiger partial charge is 0.266 e. The van der Waals surface area contributed by atoms with Gasteiger partial charge in [-0.1, -0.05) is 0 Å². The van der Waals surface area contributed by atoms with Gasteiger partial charge in [0.2, 0.25) is 0 Å². The zero-order valence-electron chi connectivity index (χ0n) is 6.65. The molecule has 0 aliphatic heterocycles. The van der Waals surface area contributed by atoms with Gasteiger partial charge in [-0.3, -0.25) is 5.43 Å². The molecule has 0 aromatic carbocycles. The molecular weight excluding hydrogens is 310 g/mol. The lowest BCUT2D eigenvalue weighted by Gasteiger charge is -2.04. The van der Waals surface area contributed by atoms with Crippen LogP contribution < -0.4 is 16.0 Å². The number of sulfonamides is 1. The molecule has 0 atom stereocenters. The molecule has 0 saturated carbocycles. The molecule has 0 unspecified atom stereocenters. The first-order valence-electron chi connectivity index (χ1n) is 3.24. The molecule has 9 heteroatoms. The molecule has 1 aromatic rings. The SMILES string of the molecule is NC(=S)NNS(=O)(=O)c1ccc(Br)s1. The van der Waals surface area contributed by atoms with Crippen LogP contribution in [0.4, 0.5) is 0 Å². The van der Waals surface area contributed by atoms with Crippen molar-refractivity contribution < 1.29 is 8.42 Å². The van der Waals surface area contributed by atoms with E-state index in [9.17, 15) is 8.42 Å². The van der Waals surface area contributed by atoms with Crippen LogP contribution in [0.2, 0.25) is 0 Å². The Morgan fingerprint density at radius 2 is 2.21 bits per heavy atom. The van der Waals surface area contributed by atoms with E-state index in [1.165, 1.54) is 6.07 Å². The minimum absolute atomic E-state index is 0.135. The Morgan fingerprint density at radius 1 is 1.57 bits per heavy atom. The summed E-state index contributed by atoms with van der Waals surface area (Å²) in [5.41, 5.74) is 7.23. The maximum absolute atomic E-state index is 11.5. The molecule has 1 rings (SSSR count). The first kappa shape index (κ1) is 11.9. The normalized spacial score (nSPS) is 11.2. The fourth-order valence-corrected chi connectivity index (χ4v) is 3.59. The predicted octanol–water partition coefficient (Wildman–Crippen LogP) is 0.537. The molecule has 1 aromatic heterocycles. The van der Waals surface area contributed by atoms with Crippen molar-refractivity contribution in [3.05, 3.63) is 15.9 Å². The number of thiophene rings is 1. The predicted molar refractivity (Wildman–Crippen MR) is 62.3 cm³/mol. The third-order valence-corrected chi connectivity index (χ3v) is 4.59. The number of hydrogen-bond acceptors (Lipinski definition) is 4. The van der Waals surface area contributed by atoms with Gasteiger partial charge in [0.05, 0.1) is 3.79 Å². The summed E-state index contributed by atoms with van der Waals surface area (Å²) in [5, 5.41) is -0.135. The highest BCUT2D eigenvalue weighted by Gasteiger charge is 2.15. The van der Waals surface area contributed by atoms with Crippen LogP contribution in [0.15, 0.2) is 20.1 Å². The summed E-state index contributed by atoms with van der Waals surface area (Å²) in [5.74, 6) is 0. The van der Waals surface area contributed by atoms with Gasteiger partial charge in [-0.2, -0.15) is 0 Å². The van der Waals surface area contributed by atoms with Gasteiger partial charge in [0, 0.05) is 0 Å². The molecule has 0 saturated heterocycles. The molecule has 0 fully saturated rings. The quantitative estimate of drug-likeness (QED) is 0.560. The maximum Gasteiger partial charge on any atom is 0.266 e. The topological polar surface area (TPSA) is 84.2 Å². The Kier molecular flexibility index (Phi) is 3.84. The van der Waals surface area contributed by atoms with Gasteiger partial charge in [-0.05, 0) is 40.3 Å². The lowest BCUT2D eigenvalue weighted by atomic mass is 10.7. The first-order valence-corrected chi connectivity index (χ1v) is 6.74. The van der Waals surface area contributed by atoms with Crippen LogP contribution in [0.25, 0.3) is 0 Å². The van der Waals surface area contributed by atoms with Crippen molar-refractivity contribution in [2.75, 3.05) is 0 Å². The fraction of sp³-hybridized carbons (Fsp3) is 0. The second kappa shape index (κ2) is 4.53. The number of rotatable bonds is 3. The Morgan fingerprint density at radius 3 is 2.64 bits per heavy atom. The zero-order valence-corrected chi connectivity index (χ0v) is 10.7. The maximum atomic E-state index is 11.5. The van der Waals surface area contributed by atoms with Crippen LogP contribution in [0.1, 0.15) is 0 Å². The van der Waals surface area contributed by atoms with Gasteiger partial charge in [0.15, 0.2) is 5.11 Å². The highest BCUT2D eigenvalue weighted by Crippen LogP contribution is 2.25. The number of nitrogens with two attached hydrogens (primary N) is 1. The van der Waals surface area contributed by atoms with Crippen molar-refractivity contribution in [3.8, 4) is 0 Å². The monoisotopic (exact) mass is 315 g/mol. The summed E-state index contributed by atoms with van der Waals surface area (Å²) in [6.45, 7) is 0. The summed E-state index contributed by atoms with van der Waals surface area (Å²) >= 11 is 8.70. The third kappa shape index (κ3) is 3.17. The average molecular weight is 316 g/mol.